The van der Waals surface area contributed by atoms with Crippen LogP contribution in [0.3, 0.4) is 0 Å². The number of piperidine rings is 1. The van der Waals surface area contributed by atoms with Crippen molar-refractivity contribution >= 4 is 11.7 Å². The molecule has 1 aliphatic rings. The van der Waals surface area contributed by atoms with Crippen LogP contribution in [0.15, 0.2) is 12.1 Å². The van der Waals surface area contributed by atoms with Gasteiger partial charge in [-0.1, -0.05) is 6.92 Å². The number of benzene rings is 1. The van der Waals surface area contributed by atoms with Gasteiger partial charge in [-0.05, 0) is 24.5 Å². The minimum atomic E-state index is -1.48. The molecule has 1 heterocycles. The molecule has 2 rings (SSSR count). The fourth-order valence-corrected chi connectivity index (χ4v) is 2.27. The second kappa shape index (κ2) is 5.13. The molecule has 1 saturated heterocycles. The summed E-state index contributed by atoms with van der Waals surface area (Å²) in [5, 5.41) is 8.73. The van der Waals surface area contributed by atoms with E-state index in [0.717, 1.165) is 12.5 Å². The van der Waals surface area contributed by atoms with Crippen molar-refractivity contribution in [2.45, 2.75) is 19.4 Å². The predicted molar refractivity (Wildman–Crippen MR) is 67.3 cm³/mol. The largest absolute Gasteiger partial charge is 0.478 e. The first-order chi connectivity index (χ1) is 8.91. The van der Waals surface area contributed by atoms with Crippen LogP contribution in [0, 0.1) is 17.6 Å². The van der Waals surface area contributed by atoms with Gasteiger partial charge in [-0.3, -0.25) is 0 Å². The number of halogens is 2. The van der Waals surface area contributed by atoms with Gasteiger partial charge in [0.25, 0.3) is 0 Å². The summed E-state index contributed by atoms with van der Waals surface area (Å²) in [5.41, 5.74) is 5.34. The summed E-state index contributed by atoms with van der Waals surface area (Å²) in [6.45, 7) is 3.04. The smallest absolute Gasteiger partial charge is 0.338 e. The van der Waals surface area contributed by atoms with Gasteiger partial charge in [0, 0.05) is 19.1 Å². The summed E-state index contributed by atoms with van der Waals surface area (Å²) in [5.74, 6) is -3.59. The third kappa shape index (κ3) is 2.53. The van der Waals surface area contributed by atoms with Crippen LogP contribution in [0.2, 0.25) is 0 Å². The van der Waals surface area contributed by atoms with Crippen LogP contribution in [0.5, 0.6) is 0 Å². The number of carboxylic acids is 1. The van der Waals surface area contributed by atoms with E-state index in [1.807, 2.05) is 6.92 Å². The van der Waals surface area contributed by atoms with Crippen molar-refractivity contribution in [1.29, 1.82) is 0 Å². The number of carboxylic acid groups (broad SMARTS) is 1. The first-order valence-electron chi connectivity index (χ1n) is 6.13. The highest BCUT2D eigenvalue weighted by atomic mass is 19.2. The molecular weight excluding hydrogens is 254 g/mol. The van der Waals surface area contributed by atoms with Gasteiger partial charge >= 0.3 is 5.97 Å². The van der Waals surface area contributed by atoms with E-state index in [-0.39, 0.29) is 11.7 Å². The maximum atomic E-state index is 13.9. The third-order valence-corrected chi connectivity index (χ3v) is 3.65. The maximum Gasteiger partial charge on any atom is 0.338 e. The first kappa shape index (κ1) is 13.7. The van der Waals surface area contributed by atoms with E-state index in [4.69, 9.17) is 10.8 Å². The summed E-state index contributed by atoms with van der Waals surface area (Å²) in [6.07, 6.45) is 0.795. The SMILES string of the molecule is CC1CCN(c2ccc(C(=O)O)c(F)c2F)CC1N. The van der Waals surface area contributed by atoms with Crippen molar-refractivity contribution < 1.29 is 18.7 Å². The zero-order chi connectivity index (χ0) is 14.2. The Morgan fingerprint density at radius 1 is 1.42 bits per heavy atom. The monoisotopic (exact) mass is 270 g/mol. The summed E-state index contributed by atoms with van der Waals surface area (Å²) >= 11 is 0. The Balaban J connectivity index is 2.31. The van der Waals surface area contributed by atoms with Crippen LogP contribution in [0.25, 0.3) is 0 Å². The van der Waals surface area contributed by atoms with E-state index in [9.17, 15) is 13.6 Å². The zero-order valence-electron chi connectivity index (χ0n) is 10.6. The van der Waals surface area contributed by atoms with Gasteiger partial charge in [-0.25, -0.2) is 13.6 Å². The highest BCUT2D eigenvalue weighted by molar-refractivity contribution is 5.88. The van der Waals surface area contributed by atoms with Gasteiger partial charge in [0.15, 0.2) is 11.6 Å². The Bertz CT molecular complexity index is 508. The lowest BCUT2D eigenvalue weighted by molar-refractivity contribution is 0.0690. The van der Waals surface area contributed by atoms with E-state index >= 15 is 0 Å². The number of carbonyl (C=O) groups is 1. The topological polar surface area (TPSA) is 66.6 Å². The molecule has 0 spiro atoms. The van der Waals surface area contributed by atoms with Gasteiger partial charge in [0.1, 0.15) is 0 Å². The molecule has 1 aromatic carbocycles. The van der Waals surface area contributed by atoms with Crippen molar-refractivity contribution in [3.05, 3.63) is 29.3 Å². The molecule has 104 valence electrons. The molecule has 0 bridgehead atoms. The van der Waals surface area contributed by atoms with Crippen molar-refractivity contribution in [2.24, 2.45) is 11.7 Å². The third-order valence-electron chi connectivity index (χ3n) is 3.65. The molecular formula is C13H16F2N2O2. The van der Waals surface area contributed by atoms with Gasteiger partial charge in [0.05, 0.1) is 11.3 Å². The molecule has 0 aromatic heterocycles. The van der Waals surface area contributed by atoms with Crippen LogP contribution in [0.1, 0.15) is 23.7 Å². The molecule has 1 aromatic rings. The Hall–Kier alpha value is -1.69. The molecule has 1 fully saturated rings. The fraction of sp³-hybridized carbons (Fsp3) is 0.462. The number of hydrogen-bond donors (Lipinski definition) is 2. The Kier molecular flexibility index (Phi) is 3.71. The highest BCUT2D eigenvalue weighted by Crippen LogP contribution is 2.28. The molecule has 0 saturated carbocycles. The average molecular weight is 270 g/mol. The zero-order valence-corrected chi connectivity index (χ0v) is 10.6. The van der Waals surface area contributed by atoms with Gasteiger partial charge in [-0.15, -0.1) is 0 Å². The molecule has 1 aliphatic heterocycles. The number of rotatable bonds is 2. The standard InChI is InChI=1S/C13H16F2N2O2/c1-7-4-5-17(6-9(7)16)10-3-2-8(13(18)19)11(14)12(10)15/h2-3,7,9H,4-6,16H2,1H3,(H,18,19). The van der Waals surface area contributed by atoms with Crippen molar-refractivity contribution in [1.82, 2.24) is 0 Å². The van der Waals surface area contributed by atoms with Gasteiger partial charge in [0.2, 0.25) is 0 Å². The number of anilines is 1. The van der Waals surface area contributed by atoms with Crippen LogP contribution in [-0.4, -0.2) is 30.2 Å². The molecule has 2 atom stereocenters. The quantitative estimate of drug-likeness (QED) is 0.860. The van der Waals surface area contributed by atoms with Gasteiger partial charge in [-0.2, -0.15) is 0 Å². The maximum absolute atomic E-state index is 13.9. The van der Waals surface area contributed by atoms with Crippen molar-refractivity contribution in [2.75, 3.05) is 18.0 Å². The van der Waals surface area contributed by atoms with Gasteiger partial charge < -0.3 is 15.7 Å². The van der Waals surface area contributed by atoms with Crippen LogP contribution < -0.4 is 10.6 Å². The van der Waals surface area contributed by atoms with Crippen LogP contribution >= 0.6 is 0 Å². The lowest BCUT2D eigenvalue weighted by Crippen LogP contribution is -2.48. The van der Waals surface area contributed by atoms with E-state index in [1.54, 1.807) is 4.90 Å². The van der Waals surface area contributed by atoms with Crippen LogP contribution in [0.4, 0.5) is 14.5 Å². The summed E-state index contributed by atoms with van der Waals surface area (Å²) in [4.78, 5) is 12.4. The molecule has 0 amide bonds. The molecule has 0 radical (unpaired) electrons. The summed E-state index contributed by atoms with van der Waals surface area (Å²) < 4.78 is 27.5. The lowest BCUT2D eigenvalue weighted by Gasteiger charge is -2.36. The second-order valence-electron chi connectivity index (χ2n) is 4.94. The first-order valence-corrected chi connectivity index (χ1v) is 6.13. The van der Waals surface area contributed by atoms with Crippen LogP contribution in [-0.2, 0) is 0 Å². The number of nitrogens with zero attached hydrogens (tertiary/aromatic N) is 1. The van der Waals surface area contributed by atoms with Crippen molar-refractivity contribution in [3.8, 4) is 0 Å². The highest BCUT2D eigenvalue weighted by Gasteiger charge is 2.27. The van der Waals surface area contributed by atoms with E-state index < -0.39 is 23.2 Å². The molecule has 0 aliphatic carbocycles. The number of nitrogens with two attached hydrogens (primary N) is 1. The summed E-state index contributed by atoms with van der Waals surface area (Å²) in [6, 6.07) is 2.28. The fourth-order valence-electron chi connectivity index (χ4n) is 2.27. The predicted octanol–water partition coefficient (Wildman–Crippen LogP) is 1.84. The van der Waals surface area contributed by atoms with Crippen molar-refractivity contribution in [3.63, 3.8) is 0 Å². The molecule has 2 unspecified atom stereocenters. The minimum absolute atomic E-state index is 0.0739. The number of aromatic carboxylic acids is 1. The number of hydrogen-bond acceptors (Lipinski definition) is 3. The van der Waals surface area contributed by atoms with E-state index in [2.05, 4.69) is 0 Å². The minimum Gasteiger partial charge on any atom is -0.478 e. The Morgan fingerprint density at radius 3 is 2.68 bits per heavy atom. The molecule has 19 heavy (non-hydrogen) atoms. The lowest BCUT2D eigenvalue weighted by atomic mass is 9.94. The molecule has 6 heteroatoms. The normalized spacial score (nSPS) is 23.5. The Labute approximate surface area is 109 Å². The summed E-state index contributed by atoms with van der Waals surface area (Å²) in [7, 11) is 0. The Morgan fingerprint density at radius 2 is 2.11 bits per heavy atom. The van der Waals surface area contributed by atoms with E-state index in [0.29, 0.717) is 19.0 Å². The van der Waals surface area contributed by atoms with E-state index in [1.165, 1.54) is 6.07 Å². The molecule has 3 N–H and O–H groups in total. The molecule has 4 nitrogen and oxygen atoms in total. The average Bonchev–Trinajstić information content (AvgIpc) is 2.36. The second-order valence-corrected chi connectivity index (χ2v) is 4.94.